The van der Waals surface area contributed by atoms with Crippen molar-refractivity contribution >= 4 is 22.4 Å². The minimum Gasteiger partial charge on any atom is -0.329 e. The second-order valence-electron chi connectivity index (χ2n) is 3.77. The van der Waals surface area contributed by atoms with E-state index in [-0.39, 0.29) is 5.91 Å². The van der Waals surface area contributed by atoms with Gasteiger partial charge in [0.25, 0.3) is 0 Å². The molecule has 0 fully saturated rings. The molecule has 3 N–H and O–H groups in total. The van der Waals surface area contributed by atoms with Crippen LogP contribution in [0, 0.1) is 12.3 Å². The number of nitrogens with two attached hydrogens (primary N) is 1. The fourth-order valence-corrected chi connectivity index (χ4v) is 2.12. The van der Waals surface area contributed by atoms with Crippen LogP contribution in [-0.2, 0) is 4.79 Å². The highest BCUT2D eigenvalue weighted by atomic mass is 32.1. The van der Waals surface area contributed by atoms with E-state index in [9.17, 15) is 4.79 Å². The Labute approximate surface area is 99.5 Å². The van der Waals surface area contributed by atoms with Crippen LogP contribution in [-0.4, -0.2) is 22.6 Å². The molecule has 0 aliphatic rings. The Balaban J connectivity index is 2.77. The van der Waals surface area contributed by atoms with E-state index in [1.165, 1.54) is 11.3 Å². The Hall–Kier alpha value is -1.01. The maximum absolute atomic E-state index is 12.1. The lowest BCUT2D eigenvalue weighted by Gasteiger charge is -2.27. The first kappa shape index (κ1) is 13.1. The third kappa shape index (κ3) is 2.56. The normalized spacial score (nSPS) is 11.5. The van der Waals surface area contributed by atoms with Crippen LogP contribution >= 0.6 is 11.3 Å². The van der Waals surface area contributed by atoms with Crippen LogP contribution in [0.25, 0.3) is 0 Å². The molecule has 0 aromatic carbocycles. The largest absolute Gasteiger partial charge is 0.329 e. The molecule has 5 nitrogen and oxygen atoms in total. The van der Waals surface area contributed by atoms with Gasteiger partial charge in [0.1, 0.15) is 5.01 Å². The van der Waals surface area contributed by atoms with Crippen molar-refractivity contribution < 1.29 is 4.79 Å². The van der Waals surface area contributed by atoms with Gasteiger partial charge in [-0.3, -0.25) is 10.1 Å². The van der Waals surface area contributed by atoms with Crippen molar-refractivity contribution in [3.8, 4) is 0 Å². The van der Waals surface area contributed by atoms with Crippen LogP contribution in [0.1, 0.15) is 31.7 Å². The van der Waals surface area contributed by atoms with Crippen molar-refractivity contribution in [2.24, 2.45) is 11.1 Å². The van der Waals surface area contributed by atoms with Gasteiger partial charge in [0.2, 0.25) is 11.0 Å². The zero-order valence-electron chi connectivity index (χ0n) is 9.91. The summed E-state index contributed by atoms with van der Waals surface area (Å²) >= 11 is 1.37. The summed E-state index contributed by atoms with van der Waals surface area (Å²) in [6.07, 6.45) is 1.45. The molecule has 0 saturated heterocycles. The highest BCUT2D eigenvalue weighted by molar-refractivity contribution is 7.15. The molecule has 0 atom stereocenters. The van der Waals surface area contributed by atoms with E-state index in [2.05, 4.69) is 15.5 Å². The van der Waals surface area contributed by atoms with Crippen molar-refractivity contribution in [2.75, 3.05) is 11.9 Å². The monoisotopic (exact) mass is 242 g/mol. The SMILES string of the molecule is CCC(CC)(CN)C(=O)Nc1nnc(C)s1. The smallest absolute Gasteiger partial charge is 0.233 e. The van der Waals surface area contributed by atoms with Gasteiger partial charge in [-0.2, -0.15) is 0 Å². The summed E-state index contributed by atoms with van der Waals surface area (Å²) in [4.78, 5) is 12.1. The topological polar surface area (TPSA) is 80.9 Å². The molecule has 0 spiro atoms. The van der Waals surface area contributed by atoms with Gasteiger partial charge in [0, 0.05) is 6.54 Å². The van der Waals surface area contributed by atoms with Crippen LogP contribution in [0.3, 0.4) is 0 Å². The van der Waals surface area contributed by atoms with Crippen LogP contribution in [0.15, 0.2) is 0 Å². The van der Waals surface area contributed by atoms with E-state index in [4.69, 9.17) is 5.73 Å². The molecule has 1 amide bonds. The van der Waals surface area contributed by atoms with Gasteiger partial charge in [-0.05, 0) is 19.8 Å². The van der Waals surface area contributed by atoms with Gasteiger partial charge >= 0.3 is 0 Å². The van der Waals surface area contributed by atoms with Crippen molar-refractivity contribution in [1.82, 2.24) is 10.2 Å². The van der Waals surface area contributed by atoms with E-state index in [1.807, 2.05) is 20.8 Å². The van der Waals surface area contributed by atoms with Gasteiger partial charge in [0.15, 0.2) is 0 Å². The molecule has 0 saturated carbocycles. The summed E-state index contributed by atoms with van der Waals surface area (Å²) in [7, 11) is 0. The highest BCUT2D eigenvalue weighted by Gasteiger charge is 2.33. The van der Waals surface area contributed by atoms with Crippen molar-refractivity contribution in [3.05, 3.63) is 5.01 Å². The third-order valence-corrected chi connectivity index (χ3v) is 3.73. The summed E-state index contributed by atoms with van der Waals surface area (Å²) in [6.45, 7) is 6.15. The molecule has 90 valence electrons. The fourth-order valence-electron chi connectivity index (χ4n) is 1.53. The molecule has 0 bridgehead atoms. The standard InChI is InChI=1S/C10H18N4OS/c1-4-10(5-2,6-11)8(15)12-9-14-13-7(3)16-9/h4-6,11H2,1-3H3,(H,12,14,15). The number of aryl methyl sites for hydroxylation is 1. The minimum atomic E-state index is -0.487. The van der Waals surface area contributed by atoms with Crippen LogP contribution in [0.5, 0.6) is 0 Å². The number of hydrogen-bond donors (Lipinski definition) is 2. The van der Waals surface area contributed by atoms with E-state index in [0.29, 0.717) is 11.7 Å². The average molecular weight is 242 g/mol. The molecule has 1 aromatic heterocycles. The number of amides is 1. The second kappa shape index (κ2) is 5.36. The zero-order valence-corrected chi connectivity index (χ0v) is 10.7. The fraction of sp³-hybridized carbons (Fsp3) is 0.700. The lowest BCUT2D eigenvalue weighted by atomic mass is 9.81. The maximum atomic E-state index is 12.1. The Morgan fingerprint density at radius 2 is 2.06 bits per heavy atom. The Kier molecular flexibility index (Phi) is 4.37. The van der Waals surface area contributed by atoms with Gasteiger partial charge in [-0.25, -0.2) is 0 Å². The molecule has 0 radical (unpaired) electrons. The summed E-state index contributed by atoms with van der Waals surface area (Å²) in [5, 5.41) is 11.9. The molecule has 0 aliphatic carbocycles. The van der Waals surface area contributed by atoms with Gasteiger partial charge in [0.05, 0.1) is 5.41 Å². The number of nitrogens with one attached hydrogen (secondary N) is 1. The molecule has 0 unspecified atom stereocenters. The predicted octanol–water partition coefficient (Wildman–Crippen LogP) is 1.55. The molecule has 1 aromatic rings. The first-order valence-corrected chi connectivity index (χ1v) is 6.21. The second-order valence-corrected chi connectivity index (χ2v) is 4.95. The Morgan fingerprint density at radius 3 is 2.44 bits per heavy atom. The first-order chi connectivity index (χ1) is 7.57. The third-order valence-electron chi connectivity index (χ3n) is 2.97. The number of carbonyl (C=O) groups excluding carboxylic acids is 1. The number of anilines is 1. The van der Waals surface area contributed by atoms with Crippen molar-refractivity contribution in [1.29, 1.82) is 0 Å². The van der Waals surface area contributed by atoms with E-state index >= 15 is 0 Å². The highest BCUT2D eigenvalue weighted by Crippen LogP contribution is 2.27. The van der Waals surface area contributed by atoms with E-state index in [0.717, 1.165) is 17.8 Å². The van der Waals surface area contributed by atoms with Crippen molar-refractivity contribution in [3.63, 3.8) is 0 Å². The molecular weight excluding hydrogens is 224 g/mol. The molecule has 0 aliphatic heterocycles. The van der Waals surface area contributed by atoms with Crippen LogP contribution in [0.2, 0.25) is 0 Å². The molecule has 16 heavy (non-hydrogen) atoms. The lowest BCUT2D eigenvalue weighted by Crippen LogP contribution is -2.41. The molecule has 1 heterocycles. The molecule has 1 rings (SSSR count). The summed E-state index contributed by atoms with van der Waals surface area (Å²) in [6, 6.07) is 0. The molecular formula is C10H18N4OS. The Morgan fingerprint density at radius 1 is 1.44 bits per heavy atom. The predicted molar refractivity (Wildman–Crippen MR) is 65.3 cm³/mol. The summed E-state index contributed by atoms with van der Waals surface area (Å²) in [5.74, 6) is -0.0591. The number of hydrogen-bond acceptors (Lipinski definition) is 5. The molecule has 6 heteroatoms. The number of aromatic nitrogens is 2. The van der Waals surface area contributed by atoms with Gasteiger partial charge in [-0.15, -0.1) is 10.2 Å². The van der Waals surface area contributed by atoms with Crippen LogP contribution in [0.4, 0.5) is 5.13 Å². The van der Waals surface area contributed by atoms with Crippen LogP contribution < -0.4 is 11.1 Å². The maximum Gasteiger partial charge on any atom is 0.233 e. The minimum absolute atomic E-state index is 0.0591. The number of carbonyl (C=O) groups is 1. The van der Waals surface area contributed by atoms with Crippen molar-refractivity contribution in [2.45, 2.75) is 33.6 Å². The Bertz CT molecular complexity index is 351. The summed E-state index contributed by atoms with van der Waals surface area (Å²) in [5.41, 5.74) is 5.21. The number of nitrogens with zero attached hydrogens (tertiary/aromatic N) is 2. The average Bonchev–Trinajstić information content (AvgIpc) is 2.67. The zero-order chi connectivity index (χ0) is 12.2. The lowest BCUT2D eigenvalue weighted by molar-refractivity contribution is -0.125. The summed E-state index contributed by atoms with van der Waals surface area (Å²) < 4.78 is 0. The quantitative estimate of drug-likeness (QED) is 0.821. The van der Waals surface area contributed by atoms with Gasteiger partial charge in [-0.1, -0.05) is 25.2 Å². The van der Waals surface area contributed by atoms with E-state index < -0.39 is 5.41 Å². The first-order valence-electron chi connectivity index (χ1n) is 5.39. The van der Waals surface area contributed by atoms with E-state index in [1.54, 1.807) is 0 Å². The van der Waals surface area contributed by atoms with Gasteiger partial charge < -0.3 is 5.73 Å². The number of rotatable bonds is 5.